The Morgan fingerprint density at radius 1 is 1.07 bits per heavy atom. The highest BCUT2D eigenvalue weighted by Crippen LogP contribution is 2.23. The Balaban J connectivity index is 1.67. The van der Waals surface area contributed by atoms with E-state index in [0.29, 0.717) is 26.4 Å². The average Bonchev–Trinajstić information content (AvgIpc) is 3.09. The molecule has 1 aromatic rings. The maximum absolute atomic E-state index is 12.2. The van der Waals surface area contributed by atoms with E-state index in [1.54, 1.807) is 12.1 Å². The molecule has 1 aromatic carbocycles. The molecule has 1 heterocycles. The van der Waals surface area contributed by atoms with Gasteiger partial charge in [0.1, 0.15) is 5.75 Å². The molecular weight excluding hydrogens is 368 g/mol. The summed E-state index contributed by atoms with van der Waals surface area (Å²) in [6.45, 7) is 0.419. The van der Waals surface area contributed by atoms with Crippen molar-refractivity contribution in [2.75, 3.05) is 66.1 Å². The predicted octanol–water partition coefficient (Wildman–Crippen LogP) is 2.33. The Hall–Kier alpha value is -2.55. The first kappa shape index (κ1) is 21.7. The van der Waals surface area contributed by atoms with Crippen LogP contribution in [0.2, 0.25) is 0 Å². The van der Waals surface area contributed by atoms with Crippen molar-refractivity contribution in [1.29, 1.82) is 0 Å². The number of halogens is 2. The van der Waals surface area contributed by atoms with Crippen LogP contribution < -0.4 is 9.64 Å². The van der Waals surface area contributed by atoms with Crippen LogP contribution in [0.1, 0.15) is 0 Å². The molecule has 0 saturated heterocycles. The number of ether oxygens (including phenoxy) is 2. The maximum atomic E-state index is 12.2. The molecule has 0 fully saturated rings. The molecule has 0 radical (unpaired) electrons. The standard InChI is InChI=1S/C19H29F2N5O2/c1-23(2)19(24(3)4)22-9-13-27-14-12-25-10-11-26(15-25)16-5-7-17(8-6-16)28-18(20)21/h5-8,10-11,18H,9,12-15H2,1-4H3. The zero-order valence-corrected chi connectivity index (χ0v) is 16.9. The molecule has 1 aliphatic heterocycles. The van der Waals surface area contributed by atoms with Gasteiger partial charge in [0.25, 0.3) is 0 Å². The molecule has 0 aromatic heterocycles. The third-order valence-corrected chi connectivity index (χ3v) is 4.00. The van der Waals surface area contributed by atoms with Crippen LogP contribution in [0.15, 0.2) is 41.7 Å². The number of rotatable bonds is 9. The van der Waals surface area contributed by atoms with E-state index in [9.17, 15) is 8.78 Å². The Kier molecular flexibility index (Phi) is 8.31. The molecule has 156 valence electrons. The molecule has 28 heavy (non-hydrogen) atoms. The van der Waals surface area contributed by atoms with E-state index in [-0.39, 0.29) is 5.75 Å². The molecule has 0 amide bonds. The molecule has 0 aliphatic carbocycles. The summed E-state index contributed by atoms with van der Waals surface area (Å²) < 4.78 is 34.5. The summed E-state index contributed by atoms with van der Waals surface area (Å²) in [5, 5.41) is 0. The minimum absolute atomic E-state index is 0.154. The average molecular weight is 397 g/mol. The zero-order chi connectivity index (χ0) is 20.5. The highest BCUT2D eigenvalue weighted by atomic mass is 19.3. The summed E-state index contributed by atoms with van der Waals surface area (Å²) in [6, 6.07) is 6.59. The van der Waals surface area contributed by atoms with Gasteiger partial charge in [0.05, 0.1) is 26.4 Å². The molecule has 0 N–H and O–H groups in total. The van der Waals surface area contributed by atoms with Gasteiger partial charge in [-0.15, -0.1) is 0 Å². The molecule has 0 atom stereocenters. The van der Waals surface area contributed by atoms with Gasteiger partial charge in [-0.05, 0) is 24.3 Å². The molecule has 9 heteroatoms. The van der Waals surface area contributed by atoms with E-state index in [1.807, 2.05) is 55.3 Å². The number of guanidine groups is 1. The minimum Gasteiger partial charge on any atom is -0.435 e. The van der Waals surface area contributed by atoms with Crippen molar-refractivity contribution in [3.8, 4) is 5.75 Å². The molecular formula is C19H29F2N5O2. The number of aliphatic imine (C=N–C) groups is 1. The maximum Gasteiger partial charge on any atom is 0.387 e. The summed E-state index contributed by atoms with van der Waals surface area (Å²) in [5.41, 5.74) is 0.913. The highest BCUT2D eigenvalue weighted by Gasteiger charge is 2.14. The van der Waals surface area contributed by atoms with Gasteiger partial charge >= 0.3 is 6.61 Å². The van der Waals surface area contributed by atoms with Crippen molar-refractivity contribution < 1.29 is 18.3 Å². The number of hydrogen-bond donors (Lipinski definition) is 0. The fraction of sp³-hybridized carbons (Fsp3) is 0.526. The summed E-state index contributed by atoms with van der Waals surface area (Å²) in [7, 11) is 7.85. The molecule has 2 rings (SSSR count). The lowest BCUT2D eigenvalue weighted by atomic mass is 10.3. The van der Waals surface area contributed by atoms with E-state index in [1.165, 1.54) is 12.1 Å². The first-order chi connectivity index (χ1) is 13.4. The van der Waals surface area contributed by atoms with E-state index < -0.39 is 6.61 Å². The van der Waals surface area contributed by atoms with Crippen molar-refractivity contribution in [2.45, 2.75) is 6.61 Å². The van der Waals surface area contributed by atoms with Crippen molar-refractivity contribution in [3.05, 3.63) is 36.7 Å². The second-order valence-corrected chi connectivity index (χ2v) is 6.68. The van der Waals surface area contributed by atoms with Crippen molar-refractivity contribution >= 4 is 11.6 Å². The summed E-state index contributed by atoms with van der Waals surface area (Å²) in [5.74, 6) is 1.06. The second kappa shape index (κ2) is 10.7. The number of hydrogen-bond acceptors (Lipinski definition) is 5. The SMILES string of the molecule is CN(C)C(=NCCOCCN1C=CN(c2ccc(OC(F)F)cc2)C1)N(C)C. The monoisotopic (exact) mass is 397 g/mol. The zero-order valence-electron chi connectivity index (χ0n) is 16.9. The van der Waals surface area contributed by atoms with Crippen LogP contribution in [0.25, 0.3) is 0 Å². The van der Waals surface area contributed by atoms with Gasteiger partial charge in [0.2, 0.25) is 0 Å². The van der Waals surface area contributed by atoms with Crippen LogP contribution in [-0.4, -0.2) is 88.4 Å². The molecule has 0 unspecified atom stereocenters. The fourth-order valence-corrected chi connectivity index (χ4v) is 2.77. The van der Waals surface area contributed by atoms with Gasteiger partial charge in [0.15, 0.2) is 5.96 Å². The van der Waals surface area contributed by atoms with Crippen LogP contribution in [0.4, 0.5) is 14.5 Å². The molecule has 0 bridgehead atoms. The van der Waals surface area contributed by atoms with Crippen LogP contribution in [0, 0.1) is 0 Å². The van der Waals surface area contributed by atoms with E-state index in [4.69, 9.17) is 4.74 Å². The molecule has 0 spiro atoms. The number of alkyl halides is 2. The largest absolute Gasteiger partial charge is 0.435 e. The van der Waals surface area contributed by atoms with Gasteiger partial charge in [-0.3, -0.25) is 4.99 Å². The Labute approximate surface area is 165 Å². The summed E-state index contributed by atoms with van der Waals surface area (Å²) >= 11 is 0. The van der Waals surface area contributed by atoms with Gasteiger partial charge in [0, 0.05) is 52.8 Å². The summed E-state index contributed by atoms with van der Waals surface area (Å²) in [4.78, 5) is 12.6. The highest BCUT2D eigenvalue weighted by molar-refractivity contribution is 5.79. The van der Waals surface area contributed by atoms with Gasteiger partial charge in [-0.25, -0.2) is 0 Å². The van der Waals surface area contributed by atoms with Crippen LogP contribution >= 0.6 is 0 Å². The Morgan fingerprint density at radius 2 is 1.75 bits per heavy atom. The van der Waals surface area contributed by atoms with Crippen molar-refractivity contribution in [3.63, 3.8) is 0 Å². The van der Waals surface area contributed by atoms with Gasteiger partial charge < -0.3 is 29.1 Å². The lowest BCUT2D eigenvalue weighted by molar-refractivity contribution is -0.0498. The number of nitrogens with zero attached hydrogens (tertiary/aromatic N) is 5. The third-order valence-electron chi connectivity index (χ3n) is 4.00. The van der Waals surface area contributed by atoms with Gasteiger partial charge in [-0.1, -0.05) is 0 Å². The van der Waals surface area contributed by atoms with E-state index in [0.717, 1.165) is 18.2 Å². The lowest BCUT2D eigenvalue weighted by Crippen LogP contribution is -2.35. The lowest BCUT2D eigenvalue weighted by Gasteiger charge is -2.23. The Bertz CT molecular complexity index is 640. The molecule has 7 nitrogen and oxygen atoms in total. The van der Waals surface area contributed by atoms with Crippen LogP contribution in [0.5, 0.6) is 5.75 Å². The van der Waals surface area contributed by atoms with Crippen LogP contribution in [-0.2, 0) is 4.74 Å². The van der Waals surface area contributed by atoms with Crippen LogP contribution in [0.3, 0.4) is 0 Å². The minimum atomic E-state index is -2.81. The smallest absolute Gasteiger partial charge is 0.387 e. The van der Waals surface area contributed by atoms with Crippen molar-refractivity contribution in [2.24, 2.45) is 4.99 Å². The molecule has 0 saturated carbocycles. The topological polar surface area (TPSA) is 43.8 Å². The first-order valence-corrected chi connectivity index (χ1v) is 9.07. The number of benzene rings is 1. The van der Waals surface area contributed by atoms with Gasteiger partial charge in [-0.2, -0.15) is 8.78 Å². The predicted molar refractivity (Wildman–Crippen MR) is 107 cm³/mol. The van der Waals surface area contributed by atoms with E-state index in [2.05, 4.69) is 14.6 Å². The van der Waals surface area contributed by atoms with Crippen molar-refractivity contribution in [1.82, 2.24) is 14.7 Å². The van der Waals surface area contributed by atoms with E-state index >= 15 is 0 Å². The fourth-order valence-electron chi connectivity index (χ4n) is 2.77. The summed E-state index contributed by atoms with van der Waals surface area (Å²) in [6.07, 6.45) is 3.94. The number of anilines is 1. The second-order valence-electron chi connectivity index (χ2n) is 6.68. The quantitative estimate of drug-likeness (QED) is 0.362. The normalized spacial score (nSPS) is 13.2. The Morgan fingerprint density at radius 3 is 2.36 bits per heavy atom. The first-order valence-electron chi connectivity index (χ1n) is 9.07. The third kappa shape index (κ3) is 6.88. The molecule has 1 aliphatic rings.